The minimum atomic E-state index is -1.55. The Morgan fingerprint density at radius 2 is 2.12 bits per heavy atom. The molecule has 2 aliphatic rings. The number of aliphatic carboxylic acids is 1. The minimum Gasteiger partial charge on any atom is -0.477 e. The van der Waals surface area contributed by atoms with Crippen LogP contribution in [0.15, 0.2) is 20.1 Å². The van der Waals surface area contributed by atoms with E-state index in [1.165, 1.54) is 28.0 Å². The van der Waals surface area contributed by atoms with E-state index in [1.807, 2.05) is 13.8 Å². The van der Waals surface area contributed by atoms with E-state index in [0.717, 1.165) is 22.1 Å². The highest BCUT2D eigenvalue weighted by molar-refractivity contribution is 8.04. The summed E-state index contributed by atoms with van der Waals surface area (Å²) in [6, 6.07) is -3.05. The van der Waals surface area contributed by atoms with Crippen molar-refractivity contribution in [3.8, 4) is 0 Å². The summed E-state index contributed by atoms with van der Waals surface area (Å²) in [6.45, 7) is 3.81. The number of hydrogen-bond donors (Lipinski definition) is 3. The van der Waals surface area contributed by atoms with Crippen molar-refractivity contribution in [2.75, 3.05) is 5.73 Å². The largest absolute Gasteiger partial charge is 0.477 e. The molecule has 0 bridgehead atoms. The van der Waals surface area contributed by atoms with Crippen LogP contribution in [0.3, 0.4) is 0 Å². The molecule has 0 spiro atoms. The van der Waals surface area contributed by atoms with E-state index >= 15 is 0 Å². The molecule has 4 N–H and O–H groups in total. The Kier molecular flexibility index (Phi) is 5.96. The van der Waals surface area contributed by atoms with Crippen LogP contribution < -0.4 is 11.1 Å². The Hall–Kier alpha value is -2.91. The van der Waals surface area contributed by atoms with Gasteiger partial charge in [0.05, 0.1) is 11.7 Å². The Bertz CT molecular complexity index is 1140. The molecule has 0 saturated carbocycles. The van der Waals surface area contributed by atoms with E-state index in [4.69, 9.17) is 5.73 Å². The number of aromatic nitrogens is 3. The number of carbonyl (C=O) groups excluding carboxylic acids is 2. The maximum Gasteiger partial charge on any atom is 0.353 e. The summed E-state index contributed by atoms with van der Waals surface area (Å²) in [6.07, 6.45) is 0.852. The monoisotopic (exact) mass is 495 g/mol. The van der Waals surface area contributed by atoms with Gasteiger partial charge < -0.3 is 16.2 Å². The van der Waals surface area contributed by atoms with Crippen molar-refractivity contribution >= 4 is 57.5 Å². The van der Waals surface area contributed by atoms with Crippen LogP contribution in [-0.2, 0) is 14.4 Å². The fourth-order valence-corrected chi connectivity index (χ4v) is 6.36. The number of thiazole rings is 1. The molecule has 0 aromatic carbocycles. The normalized spacial score (nSPS) is 21.1. The van der Waals surface area contributed by atoms with E-state index in [-0.39, 0.29) is 16.7 Å². The summed E-state index contributed by atoms with van der Waals surface area (Å²) in [4.78, 5) is 59.5. The zero-order chi connectivity index (χ0) is 23.2. The van der Waals surface area contributed by atoms with Crippen LogP contribution in [-0.4, -0.2) is 54.2 Å². The molecule has 2 aromatic heterocycles. The van der Waals surface area contributed by atoms with Gasteiger partial charge in [0.25, 0.3) is 11.8 Å². The molecule has 0 aliphatic carbocycles. The van der Waals surface area contributed by atoms with Gasteiger partial charge in [-0.3, -0.25) is 14.5 Å². The number of carboxylic acids is 1. The average Bonchev–Trinajstić information content (AvgIpc) is 3.30. The highest BCUT2D eigenvalue weighted by Crippen LogP contribution is 2.44. The molecular formula is C17H17N7O5S3. The first-order valence-corrected chi connectivity index (χ1v) is 11.7. The first kappa shape index (κ1) is 22.3. The number of β-lactam (4-membered cyclic amide) rings is 1. The number of aryl methyl sites for hydroxylation is 2. The number of thioether (sulfide) groups is 1. The lowest BCUT2D eigenvalue weighted by molar-refractivity contribution is -0.156. The van der Waals surface area contributed by atoms with E-state index in [9.17, 15) is 24.4 Å². The summed E-state index contributed by atoms with van der Waals surface area (Å²) in [5.74, 6) is -2.79. The van der Waals surface area contributed by atoms with Gasteiger partial charge in [-0.15, -0.1) is 16.2 Å². The van der Waals surface area contributed by atoms with Crippen molar-refractivity contribution in [2.24, 2.45) is 5.18 Å². The quantitative estimate of drug-likeness (QED) is 0.377. The molecule has 15 heteroatoms. The van der Waals surface area contributed by atoms with Gasteiger partial charge in [0.15, 0.2) is 15.3 Å². The molecule has 3 unspecified atom stereocenters. The molecule has 1 saturated heterocycles. The highest BCUT2D eigenvalue weighted by atomic mass is 32.2. The van der Waals surface area contributed by atoms with Gasteiger partial charge in [0.1, 0.15) is 11.7 Å². The van der Waals surface area contributed by atoms with Gasteiger partial charge in [-0.25, -0.2) is 14.8 Å². The molecule has 2 aromatic rings. The lowest BCUT2D eigenvalue weighted by Crippen LogP contribution is -2.71. The van der Waals surface area contributed by atoms with Gasteiger partial charge in [-0.2, -0.15) is 4.37 Å². The van der Waals surface area contributed by atoms with Crippen molar-refractivity contribution in [1.29, 1.82) is 0 Å². The van der Waals surface area contributed by atoms with Gasteiger partial charge in [-0.05, 0) is 31.9 Å². The number of carboxylic acid groups (broad SMARTS) is 1. The van der Waals surface area contributed by atoms with Crippen LogP contribution in [0.25, 0.3) is 0 Å². The minimum absolute atomic E-state index is 0.0755. The summed E-state index contributed by atoms with van der Waals surface area (Å²) >= 11 is 3.52. The van der Waals surface area contributed by atoms with Crippen molar-refractivity contribution in [3.05, 3.63) is 31.9 Å². The Labute approximate surface area is 193 Å². The van der Waals surface area contributed by atoms with Gasteiger partial charge >= 0.3 is 5.97 Å². The zero-order valence-electron chi connectivity index (χ0n) is 16.8. The summed E-state index contributed by atoms with van der Waals surface area (Å²) in [5.41, 5.74) is 6.25. The second kappa shape index (κ2) is 8.55. The summed E-state index contributed by atoms with van der Waals surface area (Å²) < 4.78 is 4.52. The smallest absolute Gasteiger partial charge is 0.353 e. The number of hydrogen-bond acceptors (Lipinski definition) is 12. The number of anilines is 1. The van der Waals surface area contributed by atoms with Crippen molar-refractivity contribution in [1.82, 2.24) is 24.6 Å². The average molecular weight is 496 g/mol. The third-order valence-corrected chi connectivity index (χ3v) is 8.00. The standard InChI is InChI=1S/C17H17N7O5S3/c1-5-6(2)30-17(19-5)31-8-4-3-7-9(14(26)24(7)11(8)15(27)28)20-13(25)10(22-29)12-21-16(18)32-23-12/h7,9-10H,3-4H2,1-2H3,(H,20,25)(H,27,28)(H2,18,21,23). The number of nitrogens with two attached hydrogens (primary N) is 1. The molecule has 4 rings (SSSR count). The molecule has 32 heavy (non-hydrogen) atoms. The second-order valence-electron chi connectivity index (χ2n) is 7.10. The predicted molar refractivity (Wildman–Crippen MR) is 117 cm³/mol. The molecule has 4 heterocycles. The first-order chi connectivity index (χ1) is 15.2. The van der Waals surface area contributed by atoms with Crippen molar-refractivity contribution in [2.45, 2.75) is 49.2 Å². The Morgan fingerprint density at radius 1 is 1.38 bits per heavy atom. The van der Waals surface area contributed by atoms with Crippen LogP contribution in [0, 0.1) is 18.8 Å². The number of nitrogens with one attached hydrogen (secondary N) is 1. The number of rotatable bonds is 7. The first-order valence-electron chi connectivity index (χ1n) is 9.34. The Morgan fingerprint density at radius 3 is 2.69 bits per heavy atom. The lowest BCUT2D eigenvalue weighted by atomic mass is 9.86. The number of carbonyl (C=O) groups is 3. The molecule has 0 radical (unpaired) electrons. The van der Waals surface area contributed by atoms with Crippen LogP contribution >= 0.6 is 34.6 Å². The van der Waals surface area contributed by atoms with Crippen LogP contribution in [0.1, 0.15) is 35.3 Å². The maximum atomic E-state index is 12.8. The molecule has 2 amide bonds. The number of nitroso groups, excluding NO2 is 1. The lowest BCUT2D eigenvalue weighted by Gasteiger charge is -2.50. The summed E-state index contributed by atoms with van der Waals surface area (Å²) in [5, 5.41) is 15.1. The molecule has 12 nitrogen and oxygen atoms in total. The molecule has 1 fully saturated rings. The zero-order valence-corrected chi connectivity index (χ0v) is 19.2. The fourth-order valence-electron chi connectivity index (χ4n) is 3.52. The predicted octanol–water partition coefficient (Wildman–Crippen LogP) is 1.58. The van der Waals surface area contributed by atoms with E-state index in [1.54, 1.807) is 0 Å². The molecule has 168 valence electrons. The third-order valence-electron chi connectivity index (χ3n) is 5.17. The van der Waals surface area contributed by atoms with Gasteiger partial charge in [0, 0.05) is 21.3 Å². The summed E-state index contributed by atoms with van der Waals surface area (Å²) in [7, 11) is 0. The van der Waals surface area contributed by atoms with E-state index in [2.05, 4.69) is 24.8 Å². The molecule has 2 aliphatic heterocycles. The number of amides is 2. The van der Waals surface area contributed by atoms with E-state index < -0.39 is 35.9 Å². The number of nitrogen functional groups attached to an aromatic ring is 1. The van der Waals surface area contributed by atoms with Crippen LogP contribution in [0.2, 0.25) is 0 Å². The van der Waals surface area contributed by atoms with Gasteiger partial charge in [-0.1, -0.05) is 11.8 Å². The topological polar surface area (TPSA) is 181 Å². The SMILES string of the molecule is Cc1nc(SC2=C(C(=O)O)N3C(=O)C(NC(=O)C(N=O)c4nsc(N)n4)C3CC2)sc1C. The second-order valence-corrected chi connectivity index (χ2v) is 10.4. The van der Waals surface area contributed by atoms with Crippen LogP contribution in [0.5, 0.6) is 0 Å². The maximum absolute atomic E-state index is 12.8. The number of nitrogens with zero attached hydrogens (tertiary/aromatic N) is 5. The number of fused-ring (bicyclic) bond motifs is 1. The third kappa shape index (κ3) is 3.86. The van der Waals surface area contributed by atoms with Gasteiger partial charge in [0.2, 0.25) is 6.04 Å². The Balaban J connectivity index is 1.52. The highest BCUT2D eigenvalue weighted by Gasteiger charge is 2.54. The van der Waals surface area contributed by atoms with Crippen LogP contribution in [0.4, 0.5) is 5.13 Å². The number of allylic oxidation sites excluding steroid dienone is 1. The fraction of sp³-hybridized carbons (Fsp3) is 0.412. The van der Waals surface area contributed by atoms with Crippen molar-refractivity contribution < 1.29 is 19.5 Å². The molecular weight excluding hydrogens is 478 g/mol. The van der Waals surface area contributed by atoms with E-state index in [0.29, 0.717) is 22.1 Å². The van der Waals surface area contributed by atoms with Crippen molar-refractivity contribution in [3.63, 3.8) is 0 Å². The molecule has 3 atom stereocenters.